The van der Waals surface area contributed by atoms with Crippen LogP contribution in [0.4, 0.5) is 19.4 Å². The van der Waals surface area contributed by atoms with Crippen LogP contribution in [0.5, 0.6) is 6.01 Å². The van der Waals surface area contributed by atoms with E-state index in [4.69, 9.17) is 15.5 Å². The van der Waals surface area contributed by atoms with E-state index in [1.807, 2.05) is 4.90 Å². The van der Waals surface area contributed by atoms with E-state index in [-0.39, 0.29) is 28.8 Å². The first-order chi connectivity index (χ1) is 20.4. The Morgan fingerprint density at radius 3 is 2.64 bits per heavy atom. The molecule has 0 bridgehead atoms. The molecule has 0 radical (unpaired) electrons. The third-order valence-corrected chi connectivity index (χ3v) is 9.10. The Morgan fingerprint density at radius 2 is 1.86 bits per heavy atom. The molecule has 11 heteroatoms. The number of aromatic nitrogens is 3. The first-order valence-electron chi connectivity index (χ1n) is 14.6. The first kappa shape index (κ1) is 26.8. The minimum absolute atomic E-state index is 0.0112. The number of hydrogen-bond donors (Lipinski definition) is 2. The lowest BCUT2D eigenvalue weighted by Gasteiger charge is -2.34. The maximum atomic E-state index is 16.5. The number of benzene rings is 2. The number of anilines is 1. The molecule has 2 amide bonds. The average molecular weight is 574 g/mol. The van der Waals surface area contributed by atoms with Crippen LogP contribution in [0.1, 0.15) is 38.5 Å². The van der Waals surface area contributed by atoms with Crippen molar-refractivity contribution in [2.24, 2.45) is 5.73 Å². The lowest BCUT2D eigenvalue weighted by Crippen LogP contribution is -2.49. The van der Waals surface area contributed by atoms with Crippen molar-refractivity contribution in [2.45, 2.75) is 50.1 Å². The average Bonchev–Trinajstić information content (AvgIpc) is 3.57. The van der Waals surface area contributed by atoms with Crippen LogP contribution in [0.2, 0.25) is 0 Å². The molecule has 2 aromatic heterocycles. The molecule has 218 valence electrons. The summed E-state index contributed by atoms with van der Waals surface area (Å²) in [6.45, 7) is 3.64. The summed E-state index contributed by atoms with van der Waals surface area (Å²) >= 11 is 0. The summed E-state index contributed by atoms with van der Waals surface area (Å²) in [7, 11) is 0. The van der Waals surface area contributed by atoms with Crippen molar-refractivity contribution in [1.29, 1.82) is 0 Å². The monoisotopic (exact) mass is 573 g/mol. The van der Waals surface area contributed by atoms with Crippen molar-refractivity contribution >= 4 is 33.5 Å². The van der Waals surface area contributed by atoms with Crippen LogP contribution in [0.15, 0.2) is 42.6 Å². The molecule has 1 atom stereocenters. The number of ether oxygens (including phenoxy) is 1. The van der Waals surface area contributed by atoms with Crippen LogP contribution in [0, 0.1) is 11.6 Å². The second kappa shape index (κ2) is 10.6. The number of carbonyl (C=O) groups excluding carboxylic acids is 1. The molecule has 7 rings (SSSR count). The van der Waals surface area contributed by atoms with Crippen molar-refractivity contribution in [2.75, 3.05) is 37.7 Å². The van der Waals surface area contributed by atoms with Gasteiger partial charge in [-0.2, -0.15) is 9.97 Å². The maximum absolute atomic E-state index is 16.5. The molecule has 3 N–H and O–H groups in total. The minimum atomic E-state index is -0.665. The summed E-state index contributed by atoms with van der Waals surface area (Å²) in [5, 5.41) is 4.16. The molecular formula is C31H33F2N7O2. The molecule has 3 fully saturated rings. The summed E-state index contributed by atoms with van der Waals surface area (Å²) in [5.41, 5.74) is 5.78. The molecular weight excluding hydrogens is 540 g/mol. The normalized spacial score (nSPS) is 20.2. The molecule has 3 saturated heterocycles. The van der Waals surface area contributed by atoms with Crippen molar-refractivity contribution in [1.82, 2.24) is 25.2 Å². The van der Waals surface area contributed by atoms with Crippen LogP contribution < -0.4 is 20.7 Å². The van der Waals surface area contributed by atoms with Crippen LogP contribution in [-0.4, -0.2) is 70.2 Å². The predicted octanol–water partition coefficient (Wildman–Crippen LogP) is 4.77. The molecule has 0 aliphatic carbocycles. The summed E-state index contributed by atoms with van der Waals surface area (Å²) in [6, 6.07) is 9.32. The standard InChI is InChI=1S/C31H33F2N7O2/c32-23-10-2-7-19-6-1-9-21(24(19)23)26-25(33)27-22(16-35-26)28(39-13-3-8-20(17-39)36-29(34)41)38-30(37-27)42-18-31-11-4-14-40(31)15-5-12-31/h1-2,6-7,9-10,16,20H,3-5,8,11-15,17-18H2,(H3,34,36,41). The number of piperidine rings is 1. The van der Waals surface area contributed by atoms with E-state index in [1.54, 1.807) is 36.5 Å². The number of carbonyl (C=O) groups is 1. The van der Waals surface area contributed by atoms with Gasteiger partial charge in [0, 0.05) is 36.3 Å². The van der Waals surface area contributed by atoms with Gasteiger partial charge in [0.15, 0.2) is 5.82 Å². The van der Waals surface area contributed by atoms with Gasteiger partial charge in [0.2, 0.25) is 0 Å². The van der Waals surface area contributed by atoms with Gasteiger partial charge in [0.1, 0.15) is 29.5 Å². The lowest BCUT2D eigenvalue weighted by atomic mass is 9.95. The summed E-state index contributed by atoms with van der Waals surface area (Å²) in [4.78, 5) is 29.9. The number of primary amides is 1. The molecule has 3 aliphatic heterocycles. The van der Waals surface area contributed by atoms with E-state index in [2.05, 4.69) is 20.2 Å². The number of pyridine rings is 1. The Balaban J connectivity index is 1.33. The molecule has 4 aromatic rings. The van der Waals surface area contributed by atoms with Crippen LogP contribution in [-0.2, 0) is 0 Å². The molecule has 3 aliphatic rings. The highest BCUT2D eigenvalue weighted by atomic mass is 19.1. The van der Waals surface area contributed by atoms with Gasteiger partial charge in [-0.25, -0.2) is 13.6 Å². The van der Waals surface area contributed by atoms with Gasteiger partial charge >= 0.3 is 12.0 Å². The van der Waals surface area contributed by atoms with Gasteiger partial charge in [0.05, 0.1) is 10.9 Å². The summed E-state index contributed by atoms with van der Waals surface area (Å²) < 4.78 is 37.8. The zero-order valence-corrected chi connectivity index (χ0v) is 23.3. The fourth-order valence-electron chi connectivity index (χ4n) is 7.16. The predicted molar refractivity (Wildman–Crippen MR) is 156 cm³/mol. The van der Waals surface area contributed by atoms with E-state index in [1.165, 1.54) is 6.07 Å². The van der Waals surface area contributed by atoms with Gasteiger partial charge in [-0.3, -0.25) is 9.88 Å². The number of nitrogens with one attached hydrogen (secondary N) is 1. The van der Waals surface area contributed by atoms with Crippen LogP contribution in [0.3, 0.4) is 0 Å². The second-order valence-electron chi connectivity index (χ2n) is 11.7. The third kappa shape index (κ3) is 4.65. The number of halogens is 2. The molecule has 2 aromatic carbocycles. The summed E-state index contributed by atoms with van der Waals surface area (Å²) in [6.07, 6.45) is 7.46. The van der Waals surface area contributed by atoms with Crippen molar-refractivity contribution in [3.05, 3.63) is 54.2 Å². The highest BCUT2D eigenvalue weighted by molar-refractivity contribution is 5.99. The molecule has 0 spiro atoms. The molecule has 0 saturated carbocycles. The topological polar surface area (TPSA) is 110 Å². The number of amides is 2. The fraction of sp³-hybridized carbons (Fsp3) is 0.419. The fourth-order valence-corrected chi connectivity index (χ4v) is 7.16. The largest absolute Gasteiger partial charge is 0.461 e. The van der Waals surface area contributed by atoms with Gasteiger partial charge in [-0.15, -0.1) is 0 Å². The molecule has 5 heterocycles. The Morgan fingerprint density at radius 1 is 1.07 bits per heavy atom. The Kier molecular flexibility index (Phi) is 6.76. The number of nitrogens with zero attached hydrogens (tertiary/aromatic N) is 5. The molecule has 42 heavy (non-hydrogen) atoms. The van der Waals surface area contributed by atoms with Gasteiger partial charge in [0.25, 0.3) is 0 Å². The first-order valence-corrected chi connectivity index (χ1v) is 14.6. The quantitative estimate of drug-likeness (QED) is 0.342. The van der Waals surface area contributed by atoms with Gasteiger partial charge < -0.3 is 20.7 Å². The highest BCUT2D eigenvalue weighted by Gasteiger charge is 2.45. The number of hydrogen-bond acceptors (Lipinski definition) is 7. The maximum Gasteiger partial charge on any atom is 0.319 e. The van der Waals surface area contributed by atoms with Crippen LogP contribution >= 0.6 is 0 Å². The second-order valence-corrected chi connectivity index (χ2v) is 11.7. The number of urea groups is 1. The highest BCUT2D eigenvalue weighted by Crippen LogP contribution is 2.40. The van der Waals surface area contributed by atoms with E-state index < -0.39 is 17.7 Å². The molecule has 1 unspecified atom stereocenters. The smallest absolute Gasteiger partial charge is 0.319 e. The van der Waals surface area contributed by atoms with Gasteiger partial charge in [-0.1, -0.05) is 30.3 Å². The SMILES string of the molecule is NC(=O)NC1CCCN(c2nc(OCC34CCCN3CCC4)nc3c(F)c(-c4cccc5cccc(F)c45)ncc23)C1. The Labute approximate surface area is 242 Å². The lowest BCUT2D eigenvalue weighted by molar-refractivity contribution is 0.108. The summed E-state index contributed by atoms with van der Waals surface area (Å²) in [5.74, 6) is -0.627. The number of fused-ring (bicyclic) bond motifs is 3. The third-order valence-electron chi connectivity index (χ3n) is 9.10. The van der Waals surface area contributed by atoms with Crippen molar-refractivity contribution < 1.29 is 18.3 Å². The van der Waals surface area contributed by atoms with Crippen molar-refractivity contribution in [3.63, 3.8) is 0 Å². The van der Waals surface area contributed by atoms with Crippen LogP contribution in [0.25, 0.3) is 32.9 Å². The zero-order chi connectivity index (χ0) is 28.8. The van der Waals surface area contributed by atoms with E-state index in [0.29, 0.717) is 47.2 Å². The number of nitrogens with two attached hydrogens (primary N) is 1. The van der Waals surface area contributed by atoms with E-state index in [9.17, 15) is 9.18 Å². The Hall–Kier alpha value is -4.12. The van der Waals surface area contributed by atoms with Gasteiger partial charge in [-0.05, 0) is 63.1 Å². The molecule has 9 nitrogen and oxygen atoms in total. The van der Waals surface area contributed by atoms with Crippen molar-refractivity contribution in [3.8, 4) is 17.3 Å². The van der Waals surface area contributed by atoms with E-state index in [0.717, 1.165) is 51.6 Å². The minimum Gasteiger partial charge on any atom is -0.461 e. The number of rotatable bonds is 6. The Bertz CT molecular complexity index is 1670. The zero-order valence-electron chi connectivity index (χ0n) is 23.3. The van der Waals surface area contributed by atoms with E-state index >= 15 is 4.39 Å².